The van der Waals surface area contributed by atoms with Gasteiger partial charge in [-0.1, -0.05) is 15.9 Å². The summed E-state index contributed by atoms with van der Waals surface area (Å²) in [6.45, 7) is 0.333. The van der Waals surface area contributed by atoms with Crippen molar-refractivity contribution in [2.75, 3.05) is 26.0 Å². The average molecular weight is 240 g/mol. The topological polar surface area (TPSA) is 89.4 Å². The monoisotopic (exact) mass is 239 g/mol. The zero-order valence-electron chi connectivity index (χ0n) is 7.21. The first kappa shape index (κ1) is 13.9. The molecule has 0 aromatic carbocycles. The number of hydrogen-bond donors (Lipinski definition) is 2. The maximum Gasteiger partial charge on any atom is 0.231 e. The lowest BCUT2D eigenvalue weighted by Gasteiger charge is -2.02. The van der Waals surface area contributed by atoms with E-state index in [4.69, 9.17) is 5.73 Å². The average Bonchev–Trinajstić information content (AvgIpc) is 1.85. The maximum atomic E-state index is 9.99. The van der Waals surface area contributed by atoms with Gasteiger partial charge in [-0.15, -0.1) is 0 Å². The summed E-state index contributed by atoms with van der Waals surface area (Å²) in [6.07, 6.45) is 0. The molecule has 2 amide bonds. The molecule has 0 aromatic rings. The number of likely N-dealkylation sites (N-methyl/N-ethyl adjacent to an activating group) is 1. The summed E-state index contributed by atoms with van der Waals surface area (Å²) in [5.74, 6) is -0.616. The van der Waals surface area contributed by atoms with Crippen molar-refractivity contribution in [3.8, 4) is 0 Å². The van der Waals surface area contributed by atoms with Crippen LogP contribution in [0, 0.1) is 0 Å². The number of primary amides is 2. The predicted molar refractivity (Wildman–Crippen MR) is 50.7 cm³/mol. The smallest absolute Gasteiger partial charge is 0.231 e. The number of nitrogens with zero attached hydrogens (tertiary/aromatic N) is 1. The first-order chi connectivity index (χ1) is 5.40. The third-order valence-corrected chi connectivity index (χ3v) is 1.16. The van der Waals surface area contributed by atoms with Crippen LogP contribution in [0.5, 0.6) is 0 Å². The lowest BCUT2D eigenvalue weighted by Crippen LogP contribution is -2.27. The lowest BCUT2D eigenvalue weighted by atomic mass is 10.6. The second-order valence-electron chi connectivity index (χ2n) is 2.30. The number of hydrogen-bond acceptors (Lipinski definition) is 3. The van der Waals surface area contributed by atoms with Crippen LogP contribution in [0.2, 0.25) is 0 Å². The minimum Gasteiger partial charge on any atom is -0.369 e. The molecule has 0 saturated heterocycles. The number of halogens is 1. The minimum absolute atomic E-state index is 0.257. The Balaban J connectivity index is 0. The van der Waals surface area contributed by atoms with Gasteiger partial charge >= 0.3 is 0 Å². The summed E-state index contributed by atoms with van der Waals surface area (Å²) in [6, 6.07) is 0. The highest BCUT2D eigenvalue weighted by molar-refractivity contribution is 9.09. The van der Waals surface area contributed by atoms with Gasteiger partial charge < -0.3 is 16.4 Å². The molecule has 4 N–H and O–H groups in total. The van der Waals surface area contributed by atoms with E-state index < -0.39 is 0 Å². The van der Waals surface area contributed by atoms with Gasteiger partial charge in [-0.25, -0.2) is 0 Å². The highest BCUT2D eigenvalue weighted by Gasteiger charge is 1.92. The Bertz CT molecular complexity index is 150. The molecular weight excluding hydrogens is 226 g/mol. The summed E-state index contributed by atoms with van der Waals surface area (Å²) in [5, 5.41) is 0.257. The van der Waals surface area contributed by atoms with Crippen molar-refractivity contribution >= 4 is 27.7 Å². The fourth-order valence-electron chi connectivity index (χ4n) is 0.312. The Kier molecular flexibility index (Phi) is 9.84. The van der Waals surface area contributed by atoms with Crippen molar-refractivity contribution in [1.29, 1.82) is 0 Å². The van der Waals surface area contributed by atoms with Crippen LogP contribution in [0.1, 0.15) is 0 Å². The molecule has 0 spiro atoms. The Hall–Kier alpha value is -0.620. The van der Waals surface area contributed by atoms with E-state index in [2.05, 4.69) is 21.7 Å². The van der Waals surface area contributed by atoms with Crippen molar-refractivity contribution in [2.24, 2.45) is 11.5 Å². The third-order valence-electron chi connectivity index (χ3n) is 0.604. The summed E-state index contributed by atoms with van der Waals surface area (Å²) in [4.78, 5) is 21.3. The molecule has 5 nitrogen and oxygen atoms in total. The normalized spacial score (nSPS) is 8.67. The molecule has 12 heavy (non-hydrogen) atoms. The fourth-order valence-corrected chi connectivity index (χ4v) is 0.312. The van der Waals surface area contributed by atoms with E-state index in [0.717, 1.165) is 0 Å². The molecule has 0 radical (unpaired) electrons. The highest BCUT2D eigenvalue weighted by Crippen LogP contribution is 1.71. The van der Waals surface area contributed by atoms with Gasteiger partial charge in [-0.3, -0.25) is 9.59 Å². The predicted octanol–water partition coefficient (Wildman–Crippen LogP) is -1.10. The van der Waals surface area contributed by atoms with Crippen molar-refractivity contribution in [1.82, 2.24) is 4.90 Å². The van der Waals surface area contributed by atoms with Gasteiger partial charge in [0.15, 0.2) is 0 Å². The zero-order chi connectivity index (χ0) is 10.1. The van der Waals surface area contributed by atoms with Gasteiger partial charge in [0.05, 0.1) is 11.9 Å². The number of nitrogens with two attached hydrogens (primary N) is 2. The first-order valence-corrected chi connectivity index (χ1v) is 4.29. The molecule has 0 unspecified atom stereocenters. The van der Waals surface area contributed by atoms with Gasteiger partial charge in [-0.2, -0.15) is 0 Å². The van der Waals surface area contributed by atoms with E-state index in [1.165, 1.54) is 0 Å². The zero-order valence-corrected chi connectivity index (χ0v) is 8.80. The summed E-state index contributed by atoms with van der Waals surface area (Å²) < 4.78 is 0. The number of amides is 2. The van der Waals surface area contributed by atoms with E-state index in [1.807, 2.05) is 0 Å². The molecule has 0 aliphatic carbocycles. The molecule has 0 fully saturated rings. The molecule has 0 saturated carbocycles. The van der Waals surface area contributed by atoms with Crippen LogP contribution in [0.15, 0.2) is 0 Å². The SMILES string of the molecule is CN(C)CC(N)=O.NC(=O)CBr. The summed E-state index contributed by atoms with van der Waals surface area (Å²) in [7, 11) is 3.59. The third kappa shape index (κ3) is 22.8. The molecule has 0 bridgehead atoms. The van der Waals surface area contributed by atoms with E-state index >= 15 is 0 Å². The Labute approximate surface area is 80.2 Å². The molecule has 0 atom stereocenters. The van der Waals surface area contributed by atoms with Gasteiger partial charge in [0, 0.05) is 0 Å². The van der Waals surface area contributed by atoms with Crippen molar-refractivity contribution in [3.05, 3.63) is 0 Å². The van der Waals surface area contributed by atoms with Crippen molar-refractivity contribution < 1.29 is 9.59 Å². The van der Waals surface area contributed by atoms with Crippen molar-refractivity contribution in [3.63, 3.8) is 0 Å². The molecule has 72 valence electrons. The number of rotatable bonds is 3. The van der Waals surface area contributed by atoms with E-state index in [9.17, 15) is 9.59 Å². The van der Waals surface area contributed by atoms with Crippen LogP contribution in [0.4, 0.5) is 0 Å². The molecule has 6 heteroatoms. The van der Waals surface area contributed by atoms with Crippen LogP contribution in [-0.2, 0) is 9.59 Å². The Morgan fingerprint density at radius 2 is 1.58 bits per heavy atom. The second-order valence-corrected chi connectivity index (χ2v) is 2.86. The largest absolute Gasteiger partial charge is 0.369 e. The Morgan fingerprint density at radius 3 is 1.58 bits per heavy atom. The van der Waals surface area contributed by atoms with Gasteiger partial charge in [0.1, 0.15) is 0 Å². The van der Waals surface area contributed by atoms with Crippen LogP contribution >= 0.6 is 15.9 Å². The number of carbonyl (C=O) groups excluding carboxylic acids is 2. The van der Waals surface area contributed by atoms with E-state index in [0.29, 0.717) is 6.54 Å². The summed E-state index contributed by atoms with van der Waals surface area (Å²) >= 11 is 2.84. The van der Waals surface area contributed by atoms with E-state index in [-0.39, 0.29) is 17.1 Å². The standard InChI is InChI=1S/C4H10N2O.C2H4BrNO/c1-6(2)3-4(5)7;3-1-2(4)5/h3H2,1-2H3,(H2,5,7);1H2,(H2,4,5). The molecule has 0 aromatic heterocycles. The van der Waals surface area contributed by atoms with Gasteiger partial charge in [0.2, 0.25) is 11.8 Å². The quantitative estimate of drug-likeness (QED) is 0.613. The number of carbonyl (C=O) groups is 2. The molecule has 0 rings (SSSR count). The summed E-state index contributed by atoms with van der Waals surface area (Å²) in [5.41, 5.74) is 9.42. The fraction of sp³-hybridized carbons (Fsp3) is 0.667. The van der Waals surface area contributed by atoms with Crippen LogP contribution in [0.3, 0.4) is 0 Å². The second kappa shape index (κ2) is 8.48. The van der Waals surface area contributed by atoms with Crippen molar-refractivity contribution in [2.45, 2.75) is 0 Å². The highest BCUT2D eigenvalue weighted by atomic mass is 79.9. The van der Waals surface area contributed by atoms with Crippen LogP contribution in [-0.4, -0.2) is 42.7 Å². The molecule has 0 aliphatic heterocycles. The lowest BCUT2D eigenvalue weighted by molar-refractivity contribution is -0.118. The maximum absolute atomic E-state index is 9.99. The Morgan fingerprint density at radius 1 is 1.25 bits per heavy atom. The van der Waals surface area contributed by atoms with Gasteiger partial charge in [0.25, 0.3) is 0 Å². The van der Waals surface area contributed by atoms with Gasteiger partial charge in [-0.05, 0) is 14.1 Å². The minimum atomic E-state index is -0.329. The molecule has 0 heterocycles. The number of alkyl halides is 1. The molecule has 0 aliphatic rings. The van der Waals surface area contributed by atoms with Crippen LogP contribution < -0.4 is 11.5 Å². The van der Waals surface area contributed by atoms with Crippen LogP contribution in [0.25, 0.3) is 0 Å². The van der Waals surface area contributed by atoms with E-state index in [1.54, 1.807) is 19.0 Å². The molecular formula is C6H14BrN3O2. The first-order valence-electron chi connectivity index (χ1n) is 3.17.